The van der Waals surface area contributed by atoms with Crippen LogP contribution in [0.25, 0.3) is 0 Å². The zero-order valence-electron chi connectivity index (χ0n) is 65.6. The second-order valence-electron chi connectivity index (χ2n) is 31.5. The summed E-state index contributed by atoms with van der Waals surface area (Å²) in [5.74, 6) is -0.549. The first kappa shape index (κ1) is 93.5. The Morgan fingerprint density at radius 1 is 0.474 bits per heavy atom. The first-order chi connectivity index (χ1) is 52.9. The normalized spacial score (nSPS) is 21.7. The monoisotopic (exact) mass is 1650 g/mol. The molecule has 3 aliphatic carbocycles. The van der Waals surface area contributed by atoms with Gasteiger partial charge in [-0.2, -0.15) is 26.3 Å². The Kier molecular flexibility index (Phi) is 33.5. The SMILES string of the molecule is C.C.CC1CCC(C=O)CC1.CCS(=O)(=O)c1ccc(CNC(=O)c2cnc3c(c2)CN(CC2CCC(C(F)(F)F)CC2)[C@H]3C(C)C)nc1.CCS(=O)(=O)c1ccc(CNC(=O)c2cnc3c(c2)CN(CC2CCC(C(F)(F)F)CC2)[C@H]3C(C)C)nc1.CCS(=O)(=O)c1ccc(CNC(=O)c2cnc3c(c2)CN[C@H]3C(C)C)nc1. The van der Waals surface area contributed by atoms with Gasteiger partial charge in [-0.3, -0.25) is 54.1 Å². The number of aldehydes is 1. The first-order valence-electron chi connectivity index (χ1n) is 39.1. The molecule has 22 nitrogen and oxygen atoms in total. The number of carbonyl (C=O) groups is 4. The van der Waals surface area contributed by atoms with Crippen LogP contribution < -0.4 is 21.3 Å². The molecule has 3 fully saturated rings. The molecule has 3 atom stereocenters. The molecular formula is C83H116F6N12O10S3. The van der Waals surface area contributed by atoms with Crippen LogP contribution in [0.4, 0.5) is 26.3 Å². The molecule has 31 heteroatoms. The maximum absolute atomic E-state index is 13.1. The lowest BCUT2D eigenvalue weighted by molar-refractivity contribution is -0.185. The van der Waals surface area contributed by atoms with Crippen molar-refractivity contribution in [3.05, 3.63) is 159 Å². The van der Waals surface area contributed by atoms with Gasteiger partial charge in [-0.1, -0.05) is 96.9 Å². The molecule has 0 bridgehead atoms. The summed E-state index contributed by atoms with van der Waals surface area (Å²) in [7, 11) is -9.94. The van der Waals surface area contributed by atoms with Gasteiger partial charge in [0.1, 0.15) is 6.29 Å². The molecule has 4 N–H and O–H groups in total. The number of alkyl halides is 6. The average molecular weight is 1650 g/mol. The smallest absolute Gasteiger partial charge is 0.346 e. The zero-order chi connectivity index (χ0) is 81.6. The van der Waals surface area contributed by atoms with Gasteiger partial charge in [0.05, 0.1) is 132 Å². The van der Waals surface area contributed by atoms with Crippen molar-refractivity contribution >= 4 is 53.5 Å². The molecule has 3 amide bonds. The van der Waals surface area contributed by atoms with Crippen LogP contribution in [0.2, 0.25) is 0 Å². The van der Waals surface area contributed by atoms with Crippen molar-refractivity contribution in [2.45, 2.75) is 246 Å². The minimum Gasteiger partial charge on any atom is -0.346 e. The third-order valence-electron chi connectivity index (χ3n) is 22.4. The molecule has 9 heterocycles. The number of nitrogens with zero attached hydrogens (tertiary/aromatic N) is 8. The Morgan fingerprint density at radius 3 is 1.10 bits per heavy atom. The first-order valence-corrected chi connectivity index (χ1v) is 44.0. The Bertz CT molecular complexity index is 4340. The van der Waals surface area contributed by atoms with Crippen LogP contribution in [-0.4, -0.2) is 132 Å². The lowest BCUT2D eigenvalue weighted by Gasteiger charge is -2.35. The van der Waals surface area contributed by atoms with Gasteiger partial charge in [-0.15, -0.1) is 0 Å². The second kappa shape index (κ2) is 40.9. The molecule has 12 rings (SSSR count). The van der Waals surface area contributed by atoms with Crippen molar-refractivity contribution in [1.82, 2.24) is 61.0 Å². The summed E-state index contributed by atoms with van der Waals surface area (Å²) >= 11 is 0. The highest BCUT2D eigenvalue weighted by Crippen LogP contribution is 2.46. The number of fused-ring (bicyclic) bond motifs is 3. The molecule has 6 aromatic heterocycles. The fourth-order valence-corrected chi connectivity index (χ4v) is 18.1. The van der Waals surface area contributed by atoms with Gasteiger partial charge in [-0.25, -0.2) is 25.3 Å². The summed E-state index contributed by atoms with van der Waals surface area (Å²) in [6.07, 6.45) is 9.37. The van der Waals surface area contributed by atoms with Crippen molar-refractivity contribution in [2.24, 2.45) is 53.3 Å². The van der Waals surface area contributed by atoms with E-state index in [0.717, 1.165) is 71.9 Å². The van der Waals surface area contributed by atoms with E-state index in [-0.39, 0.29) is 152 Å². The highest BCUT2D eigenvalue weighted by molar-refractivity contribution is 7.92. The van der Waals surface area contributed by atoms with Gasteiger partial charge in [0.15, 0.2) is 29.5 Å². The van der Waals surface area contributed by atoms with Crippen molar-refractivity contribution in [2.75, 3.05) is 30.3 Å². The van der Waals surface area contributed by atoms with Crippen LogP contribution in [-0.2, 0) is 73.6 Å². The summed E-state index contributed by atoms with van der Waals surface area (Å²) in [5, 5.41) is 11.8. The van der Waals surface area contributed by atoms with E-state index in [9.17, 15) is 70.8 Å². The number of aromatic nitrogens is 6. The van der Waals surface area contributed by atoms with E-state index in [1.165, 1.54) is 49.6 Å². The number of sulfone groups is 3. The van der Waals surface area contributed by atoms with Gasteiger partial charge >= 0.3 is 12.4 Å². The van der Waals surface area contributed by atoms with Gasteiger partial charge in [0.2, 0.25) is 0 Å². The molecule has 0 radical (unpaired) electrons. The topological polar surface area (TPSA) is 303 Å². The molecule has 0 aromatic carbocycles. The average Bonchev–Trinajstić information content (AvgIpc) is 1.63. The molecule has 3 saturated carbocycles. The van der Waals surface area contributed by atoms with Crippen molar-refractivity contribution in [1.29, 1.82) is 0 Å². The standard InChI is InChI=1S/2C27H35F3N4O3S.C19H24N4O3S.C8H14O.2CH4/c2*1-4-38(36,37)23-10-9-22(31-14-23)13-33-26(35)19-11-20-16-34(25(17(2)3)24(20)32-12-19)15-18-5-7-21(8-6-18)27(28,29)30;1-4-27(25,26)16-6-5-15(20-11-16)10-23-19(24)14-7-13-8-21-17(12(2)3)18(13)22-9-14;1-7-2-4-8(6-9)5-3-7;;/h2*9-12,14,17-18,21,25H,4-8,13,15-16H2,1-3H3,(H,33,35);5-7,9,11-12,17,21H,4,8,10H2,1-3H3,(H,23,24);6-8H,2-5H2,1H3;2*1H4/t2*18?,21?,25-;17-;;;/m000.../s1. The molecule has 6 aliphatic rings. The predicted molar refractivity (Wildman–Crippen MR) is 426 cm³/mol. The largest absolute Gasteiger partial charge is 0.391 e. The molecule has 0 unspecified atom stereocenters. The number of hydrogen-bond acceptors (Lipinski definition) is 19. The summed E-state index contributed by atoms with van der Waals surface area (Å²) in [6, 6.07) is 15.2. The number of pyridine rings is 6. The predicted octanol–water partition coefficient (Wildman–Crippen LogP) is 15.4. The maximum atomic E-state index is 13.1. The van der Waals surface area contributed by atoms with Crippen molar-refractivity contribution in [3.63, 3.8) is 0 Å². The fraction of sp³-hybridized carbons (Fsp3) is 0.590. The molecule has 6 aromatic rings. The Balaban J connectivity index is 0.000000225. The molecule has 0 saturated heterocycles. The second-order valence-corrected chi connectivity index (χ2v) is 38.4. The van der Waals surface area contributed by atoms with E-state index in [1.807, 2.05) is 18.2 Å². The summed E-state index contributed by atoms with van der Waals surface area (Å²) < 4.78 is 150. The minimum absolute atomic E-state index is 0. The van der Waals surface area contributed by atoms with Gasteiger partial charge < -0.3 is 26.1 Å². The Morgan fingerprint density at radius 2 is 0.807 bits per heavy atom. The van der Waals surface area contributed by atoms with Crippen LogP contribution in [0.15, 0.2) is 106 Å². The lowest BCUT2D eigenvalue weighted by atomic mass is 9.81. The fourth-order valence-electron chi connectivity index (χ4n) is 15.7. The van der Waals surface area contributed by atoms with E-state index >= 15 is 0 Å². The molecule has 3 aliphatic heterocycles. The molecule has 0 spiro atoms. The highest BCUT2D eigenvalue weighted by Gasteiger charge is 2.45. The summed E-state index contributed by atoms with van der Waals surface area (Å²) in [6.45, 7) is 23.6. The lowest BCUT2D eigenvalue weighted by Crippen LogP contribution is -2.35. The van der Waals surface area contributed by atoms with Crippen LogP contribution in [0.3, 0.4) is 0 Å². The van der Waals surface area contributed by atoms with E-state index in [2.05, 4.69) is 109 Å². The number of halogens is 6. The molecule has 628 valence electrons. The van der Waals surface area contributed by atoms with E-state index in [4.69, 9.17) is 0 Å². The van der Waals surface area contributed by atoms with Crippen LogP contribution >= 0.6 is 0 Å². The van der Waals surface area contributed by atoms with E-state index in [1.54, 1.807) is 57.6 Å². The summed E-state index contributed by atoms with van der Waals surface area (Å²) in [5.41, 5.74) is 8.85. The van der Waals surface area contributed by atoms with Gasteiger partial charge in [0.25, 0.3) is 17.7 Å². The maximum Gasteiger partial charge on any atom is 0.391 e. The minimum atomic E-state index is -4.11. The molecular weight excluding hydrogens is 1540 g/mol. The van der Waals surface area contributed by atoms with Crippen LogP contribution in [0.5, 0.6) is 0 Å². The van der Waals surface area contributed by atoms with Crippen molar-refractivity contribution < 1.29 is 70.8 Å². The zero-order valence-corrected chi connectivity index (χ0v) is 68.0. The third-order valence-corrected chi connectivity index (χ3v) is 27.5. The van der Waals surface area contributed by atoms with Gasteiger partial charge in [0, 0.05) is 75.8 Å². The Labute approximate surface area is 670 Å². The third kappa shape index (κ3) is 24.7. The number of nitrogens with one attached hydrogen (secondary N) is 4. The number of amides is 3. The van der Waals surface area contributed by atoms with Crippen molar-refractivity contribution in [3.8, 4) is 0 Å². The van der Waals surface area contributed by atoms with Crippen LogP contribution in [0, 0.1) is 53.3 Å². The van der Waals surface area contributed by atoms with Crippen LogP contribution in [0.1, 0.15) is 261 Å². The Hall–Kier alpha value is -7.71. The number of carbonyl (C=O) groups excluding carboxylic acids is 4. The molecule has 114 heavy (non-hydrogen) atoms. The quantitative estimate of drug-likeness (QED) is 0.0342. The van der Waals surface area contributed by atoms with Gasteiger partial charge in [-0.05, 0) is 171 Å². The highest BCUT2D eigenvalue weighted by atomic mass is 32.2. The summed E-state index contributed by atoms with van der Waals surface area (Å²) in [4.78, 5) is 79.6. The van der Waals surface area contributed by atoms with E-state index < -0.39 is 53.7 Å². The number of hydrogen-bond donors (Lipinski definition) is 4. The number of rotatable bonds is 23. The van der Waals surface area contributed by atoms with E-state index in [0.29, 0.717) is 90.9 Å².